The fraction of sp³-hybridized carbons (Fsp3) is 0.566. The van der Waals surface area contributed by atoms with E-state index < -0.39 is 58.4 Å². The van der Waals surface area contributed by atoms with E-state index in [1.54, 1.807) is 35.0 Å². The molecule has 3 saturated heterocycles. The van der Waals surface area contributed by atoms with E-state index in [1.807, 2.05) is 43.5 Å². The molecule has 8 unspecified atom stereocenters. The van der Waals surface area contributed by atoms with E-state index >= 15 is 0 Å². The number of β-lactam (4-membered cyclic amide) rings is 1. The molecule has 5 aliphatic heterocycles. The molecule has 0 spiro atoms. The van der Waals surface area contributed by atoms with Crippen LogP contribution >= 0.6 is 11.8 Å². The molecule has 22 heteroatoms. The molecule has 8 atom stereocenters. The molecule has 0 aliphatic carbocycles. The Labute approximate surface area is 444 Å². The van der Waals surface area contributed by atoms with Crippen molar-refractivity contribution in [3.8, 4) is 17.2 Å². The maximum absolute atomic E-state index is 13.7. The Morgan fingerprint density at radius 1 is 1.09 bits per heavy atom. The van der Waals surface area contributed by atoms with Crippen LogP contribution < -0.4 is 24.2 Å². The number of aliphatic hydroxyl groups excluding tert-OH is 1. The second kappa shape index (κ2) is 25.5. The topological polar surface area (TPSA) is 270 Å². The number of hydrogen-bond donors (Lipinski definition) is 6. The zero-order valence-electron chi connectivity index (χ0n) is 43.5. The van der Waals surface area contributed by atoms with E-state index in [9.17, 15) is 48.1 Å². The summed E-state index contributed by atoms with van der Waals surface area (Å²) in [6.07, 6.45) is 8.08. The first-order chi connectivity index (χ1) is 35.8. The number of nitrogens with zero attached hydrogens (tertiary/aromatic N) is 5. The summed E-state index contributed by atoms with van der Waals surface area (Å²) in [7, 11) is 3.15. The van der Waals surface area contributed by atoms with Gasteiger partial charge in [0.15, 0.2) is 11.5 Å². The predicted molar refractivity (Wildman–Crippen MR) is 284 cm³/mol. The zero-order chi connectivity index (χ0) is 54.1. The number of methoxy groups -OCH3 is 2. The zero-order valence-corrected chi connectivity index (χ0v) is 45.1. The van der Waals surface area contributed by atoms with Gasteiger partial charge in [0.25, 0.3) is 5.91 Å². The van der Waals surface area contributed by atoms with Gasteiger partial charge < -0.3 is 44.6 Å². The minimum atomic E-state index is -2.22. The molecule has 408 valence electrons. The Morgan fingerprint density at radius 2 is 1.88 bits per heavy atom. The van der Waals surface area contributed by atoms with Crippen LogP contribution in [0.5, 0.6) is 17.2 Å². The minimum Gasteiger partial charge on any atom is -0.493 e. The van der Waals surface area contributed by atoms with Crippen molar-refractivity contribution in [3.63, 3.8) is 0 Å². The molecule has 0 radical (unpaired) electrons. The van der Waals surface area contributed by atoms with Gasteiger partial charge in [-0.3, -0.25) is 23.8 Å². The number of nitrogens with one attached hydrogen (secondary N) is 2. The van der Waals surface area contributed by atoms with E-state index in [0.717, 1.165) is 42.0 Å². The van der Waals surface area contributed by atoms with Gasteiger partial charge in [-0.25, -0.2) is 28.5 Å². The number of carboxylic acids is 2. The largest absolute Gasteiger partial charge is 0.493 e. The average Bonchev–Trinajstić information content (AvgIpc) is 3.87. The normalized spacial score (nSPS) is 24.7. The van der Waals surface area contributed by atoms with E-state index in [4.69, 9.17) is 14.2 Å². The number of guanidine groups is 1. The van der Waals surface area contributed by atoms with Crippen LogP contribution in [-0.4, -0.2) is 164 Å². The SMILES string of the molecule is COc1ccc(CCCc2cccc(OCCN=C3N=CCC(CN4CC(SC5=C(C(=O)O)N6C(=O)C(C(C)O)C6C5C)CC4CNS(=O)O)N3)c2)c(CCC(C)(C)C(=O)C(=O)N2CCCCC2=CC(=O)O)c1OC. The molecule has 0 saturated carbocycles. The average molecular weight is 1080 g/mol. The van der Waals surface area contributed by atoms with E-state index in [0.29, 0.717) is 112 Å². The lowest BCUT2D eigenvalue weighted by atomic mass is 9.79. The first-order valence-corrected chi connectivity index (χ1v) is 27.6. The smallest absolute Gasteiger partial charge is 0.353 e. The molecule has 5 heterocycles. The van der Waals surface area contributed by atoms with Gasteiger partial charge in [0.1, 0.15) is 18.1 Å². The number of carbonyl (C=O) groups is 5. The second-order valence-electron chi connectivity index (χ2n) is 20.4. The highest BCUT2D eigenvalue weighted by Crippen LogP contribution is 2.52. The summed E-state index contributed by atoms with van der Waals surface area (Å²) < 4.78 is 41.5. The third kappa shape index (κ3) is 13.7. The molecule has 2 amide bonds. The summed E-state index contributed by atoms with van der Waals surface area (Å²) in [5.74, 6) is -2.55. The molecule has 2 aromatic carbocycles. The highest BCUT2D eigenvalue weighted by atomic mass is 32.2. The molecule has 5 aliphatic rings. The number of piperidine rings is 1. The van der Waals surface area contributed by atoms with Crippen molar-refractivity contribution in [2.75, 3.05) is 53.6 Å². The monoisotopic (exact) mass is 1080 g/mol. The van der Waals surface area contributed by atoms with Gasteiger partial charge in [-0.1, -0.05) is 39.0 Å². The Kier molecular flexibility index (Phi) is 19.4. The van der Waals surface area contributed by atoms with Crippen LogP contribution in [0.4, 0.5) is 0 Å². The standard InChI is InChI=1S/C53H71N7O13S2/c1-31-44-43(32(2)61)49(65)60(44)45(51(67)68)47(31)74-39-26-37(28-56-75(69)70)58(30-39)29-35-19-21-54-52(57-35)55-22-24-73-38-15-10-12-33(25-38)11-9-13-34-16-17-41(71-5)46(72-6)40(34)18-20-53(3,4)48(64)50(66)59-23-8-7-14-36(59)27-42(62)63/h10,12,15-17,21,25,27,31-32,35,37,39,43-44,56,61H,7-9,11,13-14,18-20,22-24,26,28-30H2,1-6H3,(H,55,57)(H,62,63)(H,67,68)(H,69,70). The van der Waals surface area contributed by atoms with Crippen molar-refractivity contribution < 1.29 is 62.3 Å². The molecular weight excluding hydrogens is 1010 g/mol. The van der Waals surface area contributed by atoms with Gasteiger partial charge in [0.2, 0.25) is 28.9 Å². The number of likely N-dealkylation sites (tertiary alicyclic amines) is 2. The van der Waals surface area contributed by atoms with Crippen LogP contribution in [0.25, 0.3) is 0 Å². The molecule has 6 N–H and O–H groups in total. The second-order valence-corrected chi connectivity index (χ2v) is 22.6. The number of Topliss-reactive ketones (excluding diaryl/α,β-unsaturated/α-hetero) is 1. The molecule has 2 aromatic rings. The van der Waals surface area contributed by atoms with Crippen molar-refractivity contribution in [2.45, 2.75) is 121 Å². The highest BCUT2D eigenvalue weighted by molar-refractivity contribution is 8.03. The summed E-state index contributed by atoms with van der Waals surface area (Å²) in [5, 5.41) is 33.2. The number of fused-ring (bicyclic) bond motifs is 1. The number of rotatable bonds is 25. The molecule has 20 nitrogen and oxygen atoms in total. The quantitative estimate of drug-likeness (QED) is 0.0261. The van der Waals surface area contributed by atoms with Crippen LogP contribution in [0.1, 0.15) is 89.3 Å². The number of carbonyl (C=O) groups excluding carboxylic acids is 3. The lowest BCUT2D eigenvalue weighted by Gasteiger charge is -2.46. The lowest BCUT2D eigenvalue weighted by molar-refractivity contribution is -0.163. The summed E-state index contributed by atoms with van der Waals surface area (Å²) in [5.41, 5.74) is 2.32. The number of aliphatic imine (C=N–C) groups is 2. The van der Waals surface area contributed by atoms with Gasteiger partial charge in [0.05, 0.1) is 38.8 Å². The van der Waals surface area contributed by atoms with Crippen molar-refractivity contribution in [1.29, 1.82) is 0 Å². The number of ketones is 1. The Hall–Kier alpha value is -5.65. The first kappa shape index (κ1) is 57.1. The van der Waals surface area contributed by atoms with Crippen molar-refractivity contribution >= 4 is 64.7 Å². The van der Waals surface area contributed by atoms with Crippen LogP contribution in [-0.2, 0) is 54.5 Å². The van der Waals surface area contributed by atoms with Gasteiger partial charge in [0, 0.05) is 89.7 Å². The lowest BCUT2D eigenvalue weighted by Crippen LogP contribution is -2.63. The fourth-order valence-electron chi connectivity index (χ4n) is 11.0. The predicted octanol–water partition coefficient (Wildman–Crippen LogP) is 4.61. The van der Waals surface area contributed by atoms with Crippen molar-refractivity contribution in [2.24, 2.45) is 27.2 Å². The van der Waals surface area contributed by atoms with E-state index in [1.165, 1.54) is 21.6 Å². The molecule has 0 bridgehead atoms. The maximum Gasteiger partial charge on any atom is 0.353 e. The number of aryl methyl sites for hydroxylation is 2. The number of allylic oxidation sites excluding steroid dienone is 1. The number of thioether (sulfide) groups is 1. The summed E-state index contributed by atoms with van der Waals surface area (Å²) >= 11 is -0.770. The minimum absolute atomic E-state index is 0.0188. The summed E-state index contributed by atoms with van der Waals surface area (Å²) in [6.45, 7) is 9.28. The Morgan fingerprint density at radius 3 is 2.59 bits per heavy atom. The molecule has 3 fully saturated rings. The van der Waals surface area contributed by atoms with Crippen LogP contribution in [0.2, 0.25) is 0 Å². The maximum atomic E-state index is 13.7. The van der Waals surface area contributed by atoms with Crippen LogP contribution in [0, 0.1) is 17.3 Å². The van der Waals surface area contributed by atoms with Gasteiger partial charge in [-0.05, 0) is 94.0 Å². The number of aliphatic carboxylic acids is 2. The molecule has 7 rings (SSSR count). The molecular formula is C53H71N7O13S2. The number of amides is 2. The van der Waals surface area contributed by atoms with Crippen LogP contribution in [0.3, 0.4) is 0 Å². The Balaban J connectivity index is 0.906. The molecule has 0 aromatic heterocycles. The Bertz CT molecular complexity index is 2620. The summed E-state index contributed by atoms with van der Waals surface area (Å²) in [6, 6.07) is 11.2. The third-order valence-corrected chi connectivity index (χ3v) is 16.8. The number of benzene rings is 2. The first-order valence-electron chi connectivity index (χ1n) is 25.6. The number of hydrogen-bond acceptors (Lipinski definition) is 13. The van der Waals surface area contributed by atoms with Gasteiger partial charge in [-0.2, -0.15) is 0 Å². The van der Waals surface area contributed by atoms with Gasteiger partial charge >= 0.3 is 11.9 Å². The third-order valence-electron chi connectivity index (χ3n) is 14.9. The van der Waals surface area contributed by atoms with Gasteiger partial charge in [-0.15, -0.1) is 11.8 Å². The number of carboxylic acid groups (broad SMARTS) is 2. The molecule has 75 heavy (non-hydrogen) atoms. The van der Waals surface area contributed by atoms with E-state index in [-0.39, 0.29) is 41.4 Å². The van der Waals surface area contributed by atoms with E-state index in [2.05, 4.69) is 31.0 Å². The fourth-order valence-corrected chi connectivity index (χ4v) is 12.9. The van der Waals surface area contributed by atoms with Crippen LogP contribution in [0.15, 0.2) is 68.8 Å². The number of aliphatic hydroxyl groups is 1. The highest BCUT2D eigenvalue weighted by Gasteiger charge is 2.60. The summed E-state index contributed by atoms with van der Waals surface area (Å²) in [4.78, 5) is 78.7. The van der Waals surface area contributed by atoms with Crippen molar-refractivity contribution in [3.05, 3.63) is 75.5 Å². The van der Waals surface area contributed by atoms with Crippen molar-refractivity contribution in [1.82, 2.24) is 24.7 Å². The number of ether oxygens (including phenoxy) is 3.